The number of nitrogens with zero attached hydrogens (tertiary/aromatic N) is 2. The molecule has 0 fully saturated rings. The molecule has 0 amide bonds. The van der Waals surface area contributed by atoms with E-state index in [1.165, 1.54) is 4.68 Å². The molecule has 0 bridgehead atoms. The maximum Gasteiger partial charge on any atom is 0.222 e. The van der Waals surface area contributed by atoms with Gasteiger partial charge < -0.3 is 9.84 Å². The summed E-state index contributed by atoms with van der Waals surface area (Å²) in [6.45, 7) is 4.05. The lowest BCUT2D eigenvalue weighted by Gasteiger charge is -2.06. The van der Waals surface area contributed by atoms with Crippen molar-refractivity contribution in [2.75, 3.05) is 6.61 Å². The second-order valence-corrected chi connectivity index (χ2v) is 2.55. The molecule has 70 valence electrons. The minimum atomic E-state index is -0.573. The maximum absolute atomic E-state index is 10.9. The van der Waals surface area contributed by atoms with Crippen molar-refractivity contribution in [1.29, 1.82) is 0 Å². The van der Waals surface area contributed by atoms with Gasteiger partial charge in [-0.05, 0) is 19.1 Å². The summed E-state index contributed by atoms with van der Waals surface area (Å²) in [4.78, 5) is 0. The van der Waals surface area contributed by atoms with E-state index in [1.54, 1.807) is 19.3 Å². The van der Waals surface area contributed by atoms with E-state index in [1.807, 2.05) is 19.1 Å². The fourth-order valence-electron chi connectivity index (χ4n) is 0.806. The van der Waals surface area contributed by atoms with Gasteiger partial charge >= 0.3 is 0 Å². The number of hydrogen-bond acceptors (Lipinski definition) is 3. The maximum atomic E-state index is 10.9. The van der Waals surface area contributed by atoms with Gasteiger partial charge in [0.25, 0.3) is 0 Å². The first-order valence-electron chi connectivity index (χ1n) is 4.09. The van der Waals surface area contributed by atoms with Crippen molar-refractivity contribution in [2.24, 2.45) is 5.10 Å². The van der Waals surface area contributed by atoms with E-state index < -0.39 is 6.08 Å². The van der Waals surface area contributed by atoms with Crippen LogP contribution in [0.2, 0.25) is 0 Å². The molecule has 0 unspecified atom stereocenters. The third kappa shape index (κ3) is 3.11. The predicted molar refractivity (Wildman–Crippen MR) is 45.8 cm³/mol. The normalized spacial score (nSPS) is 11.4. The van der Waals surface area contributed by atoms with Crippen molar-refractivity contribution in [3.05, 3.63) is 30.1 Å². The predicted octanol–water partition coefficient (Wildman–Crippen LogP) is -0.202. The van der Waals surface area contributed by atoms with Crippen LogP contribution in [-0.4, -0.2) is 12.7 Å². The molecule has 1 aromatic rings. The second-order valence-electron chi connectivity index (χ2n) is 2.55. The lowest BCUT2D eigenvalue weighted by atomic mass is 10.3. The summed E-state index contributed by atoms with van der Waals surface area (Å²) in [5.41, 5.74) is 1.12. The van der Waals surface area contributed by atoms with Gasteiger partial charge in [0, 0.05) is 17.2 Å². The van der Waals surface area contributed by atoms with Gasteiger partial charge in [-0.3, -0.25) is 0 Å². The van der Waals surface area contributed by atoms with Crippen molar-refractivity contribution in [3.63, 3.8) is 0 Å². The van der Waals surface area contributed by atoms with E-state index in [2.05, 4.69) is 9.84 Å². The van der Waals surface area contributed by atoms with Gasteiger partial charge in [0.15, 0.2) is 0 Å². The van der Waals surface area contributed by atoms with Crippen LogP contribution in [0.4, 0.5) is 0 Å². The topological polar surface area (TPSA) is 48.5 Å². The van der Waals surface area contributed by atoms with E-state index >= 15 is 0 Å². The van der Waals surface area contributed by atoms with Crippen LogP contribution in [0.25, 0.3) is 0 Å². The van der Waals surface area contributed by atoms with Gasteiger partial charge in [0.05, 0.1) is 0 Å². The molecule has 0 spiro atoms. The molecule has 4 nitrogen and oxygen atoms in total. The molecular weight excluding hydrogens is 168 g/mol. The molecule has 1 aromatic heterocycles. The zero-order chi connectivity index (χ0) is 9.68. The van der Waals surface area contributed by atoms with E-state index in [9.17, 15) is 5.11 Å². The van der Waals surface area contributed by atoms with Crippen LogP contribution in [0, 0.1) is 6.92 Å². The molecule has 13 heavy (non-hydrogen) atoms. The SMILES string of the molecule is CCOC([O-])=N[n+]1ccc(C)cc1. The zero-order valence-corrected chi connectivity index (χ0v) is 7.73. The number of ether oxygens (including phenoxy) is 1. The monoisotopic (exact) mass is 180 g/mol. The minimum absolute atomic E-state index is 0.342. The molecule has 1 rings (SSSR count). The van der Waals surface area contributed by atoms with Gasteiger partial charge in [0.2, 0.25) is 18.5 Å². The van der Waals surface area contributed by atoms with Crippen LogP contribution in [0.3, 0.4) is 0 Å². The van der Waals surface area contributed by atoms with Crippen LogP contribution in [0.15, 0.2) is 29.6 Å². The highest BCUT2D eigenvalue weighted by molar-refractivity contribution is 5.60. The highest BCUT2D eigenvalue weighted by Crippen LogP contribution is 1.89. The Morgan fingerprint density at radius 3 is 2.69 bits per heavy atom. The summed E-state index contributed by atoms with van der Waals surface area (Å²) >= 11 is 0. The Kier molecular flexibility index (Phi) is 3.25. The largest absolute Gasteiger partial charge is 0.596 e. The van der Waals surface area contributed by atoms with Crippen LogP contribution >= 0.6 is 0 Å². The lowest BCUT2D eigenvalue weighted by Crippen LogP contribution is -2.34. The summed E-state index contributed by atoms with van der Waals surface area (Å²) in [5.74, 6) is 0. The van der Waals surface area contributed by atoms with E-state index in [0.29, 0.717) is 6.61 Å². The van der Waals surface area contributed by atoms with Gasteiger partial charge in [0.1, 0.15) is 0 Å². The molecule has 0 aliphatic heterocycles. The molecule has 0 saturated heterocycles. The van der Waals surface area contributed by atoms with Crippen LogP contribution < -0.4 is 9.78 Å². The van der Waals surface area contributed by atoms with E-state index in [0.717, 1.165) is 5.56 Å². The van der Waals surface area contributed by atoms with Crippen LogP contribution in [0.1, 0.15) is 12.5 Å². The number of pyridine rings is 1. The van der Waals surface area contributed by atoms with Crippen molar-refractivity contribution in [1.82, 2.24) is 0 Å². The van der Waals surface area contributed by atoms with Gasteiger partial charge in [-0.1, -0.05) is 11.6 Å². The molecular formula is C9H12N2O2. The summed E-state index contributed by atoms with van der Waals surface area (Å²) in [6.07, 6.45) is 2.83. The highest BCUT2D eigenvalue weighted by Gasteiger charge is 1.95. The Bertz CT molecular complexity index is 293. The van der Waals surface area contributed by atoms with Crippen molar-refractivity contribution in [3.8, 4) is 0 Å². The van der Waals surface area contributed by atoms with Crippen LogP contribution in [0.5, 0.6) is 0 Å². The average molecular weight is 180 g/mol. The molecule has 1 heterocycles. The van der Waals surface area contributed by atoms with Gasteiger partial charge in [-0.15, -0.1) is 0 Å². The van der Waals surface area contributed by atoms with Crippen molar-refractivity contribution >= 4 is 6.08 Å². The smallest absolute Gasteiger partial charge is 0.222 e. The lowest BCUT2D eigenvalue weighted by molar-refractivity contribution is -0.683. The molecule has 0 atom stereocenters. The second kappa shape index (κ2) is 4.45. The number of rotatable bonds is 2. The minimum Gasteiger partial charge on any atom is -0.596 e. The van der Waals surface area contributed by atoms with E-state index in [4.69, 9.17) is 0 Å². The third-order valence-corrected chi connectivity index (χ3v) is 1.45. The standard InChI is InChI=1S/C9H12N2O2/c1-3-13-9(12)10-11-6-4-8(2)5-7-11/h4-7H,3H2,1-2H3. The fraction of sp³-hybridized carbons (Fsp3) is 0.333. The van der Waals surface area contributed by atoms with Crippen LogP contribution in [-0.2, 0) is 4.74 Å². The third-order valence-electron chi connectivity index (χ3n) is 1.45. The number of aromatic nitrogens is 1. The number of hydrogen-bond donors (Lipinski definition) is 0. The molecule has 0 saturated carbocycles. The first kappa shape index (κ1) is 9.51. The molecule has 4 heteroatoms. The van der Waals surface area contributed by atoms with Crippen molar-refractivity contribution < 1.29 is 14.5 Å². The first-order valence-corrected chi connectivity index (χ1v) is 4.09. The Labute approximate surface area is 77.1 Å². The Morgan fingerprint density at radius 1 is 1.54 bits per heavy atom. The van der Waals surface area contributed by atoms with Gasteiger partial charge in [-0.2, -0.15) is 0 Å². The quantitative estimate of drug-likeness (QED) is 0.359. The Morgan fingerprint density at radius 2 is 2.15 bits per heavy atom. The first-order chi connectivity index (χ1) is 6.22. The van der Waals surface area contributed by atoms with Gasteiger partial charge in [-0.25, -0.2) is 0 Å². The summed E-state index contributed by atoms with van der Waals surface area (Å²) in [5, 5.41) is 14.5. The molecule has 0 radical (unpaired) electrons. The Balaban J connectivity index is 2.73. The van der Waals surface area contributed by atoms with Crippen molar-refractivity contribution in [2.45, 2.75) is 13.8 Å². The summed E-state index contributed by atoms with van der Waals surface area (Å²) < 4.78 is 6.07. The zero-order valence-electron chi connectivity index (χ0n) is 7.73. The molecule has 0 aliphatic rings. The highest BCUT2D eigenvalue weighted by atomic mass is 16.6. The number of aryl methyl sites for hydroxylation is 1. The fourth-order valence-corrected chi connectivity index (χ4v) is 0.806. The molecule has 0 aromatic carbocycles. The molecule has 0 N–H and O–H groups in total. The Hall–Kier alpha value is -1.58. The summed E-state index contributed by atoms with van der Waals surface area (Å²) in [7, 11) is 0. The van der Waals surface area contributed by atoms with E-state index in [-0.39, 0.29) is 0 Å². The molecule has 0 aliphatic carbocycles. The summed E-state index contributed by atoms with van der Waals surface area (Å²) in [6, 6.07) is 3.73. The average Bonchev–Trinajstić information content (AvgIpc) is 2.09.